The Morgan fingerprint density at radius 3 is 2.86 bits per heavy atom. The van der Waals surface area contributed by atoms with Crippen molar-refractivity contribution in [2.24, 2.45) is 11.8 Å². The molecule has 178 valence electrons. The second kappa shape index (κ2) is 7.87. The number of pyridine rings is 1. The van der Waals surface area contributed by atoms with E-state index in [0.717, 1.165) is 65.5 Å². The van der Waals surface area contributed by atoms with Crippen LogP contribution in [-0.4, -0.2) is 26.7 Å². The Balaban J connectivity index is 1.41. The van der Waals surface area contributed by atoms with Gasteiger partial charge < -0.3 is 9.26 Å². The lowest BCUT2D eigenvalue weighted by atomic mass is 9.56. The highest BCUT2D eigenvalue weighted by molar-refractivity contribution is 5.92. The van der Waals surface area contributed by atoms with Crippen molar-refractivity contribution in [2.45, 2.75) is 63.7 Å². The Hall–Kier alpha value is -3.28. The summed E-state index contributed by atoms with van der Waals surface area (Å²) in [5, 5.41) is 5.21. The van der Waals surface area contributed by atoms with Crippen LogP contribution in [0.4, 0.5) is 0 Å². The number of fused-ring (bicyclic) bond motifs is 5. The van der Waals surface area contributed by atoms with Gasteiger partial charge in [0.25, 0.3) is 0 Å². The van der Waals surface area contributed by atoms with Crippen LogP contribution in [0.2, 0.25) is 0 Å². The lowest BCUT2D eigenvalue weighted by Gasteiger charge is -2.47. The molecular formula is C29H30N4O2. The van der Waals surface area contributed by atoms with Gasteiger partial charge in [0.2, 0.25) is 5.88 Å². The lowest BCUT2D eigenvalue weighted by molar-refractivity contribution is 0.157. The average molecular weight is 467 g/mol. The quantitative estimate of drug-likeness (QED) is 0.365. The van der Waals surface area contributed by atoms with E-state index in [-0.39, 0.29) is 5.41 Å². The topological polar surface area (TPSA) is 73.9 Å². The molecule has 4 aromatic rings. The number of aromatic nitrogens is 4. The molecule has 0 spiro atoms. The Kier molecular flexibility index (Phi) is 4.73. The molecular weight excluding hydrogens is 436 g/mol. The van der Waals surface area contributed by atoms with E-state index in [9.17, 15) is 0 Å². The van der Waals surface area contributed by atoms with E-state index in [1.807, 2.05) is 36.7 Å². The molecule has 0 saturated heterocycles. The fraction of sp³-hybridized carbons (Fsp3) is 0.448. The molecule has 0 radical (unpaired) electrons. The number of hydrogen-bond acceptors (Lipinski definition) is 6. The number of ether oxygens (including phenoxy) is 1. The van der Waals surface area contributed by atoms with E-state index < -0.39 is 0 Å². The first kappa shape index (κ1) is 21.0. The Morgan fingerprint density at radius 2 is 2.00 bits per heavy atom. The van der Waals surface area contributed by atoms with E-state index >= 15 is 0 Å². The predicted molar refractivity (Wildman–Crippen MR) is 133 cm³/mol. The number of para-hydroxylation sites is 1. The highest BCUT2D eigenvalue weighted by atomic mass is 16.5. The summed E-state index contributed by atoms with van der Waals surface area (Å²) in [6.07, 6.45) is 10.4. The van der Waals surface area contributed by atoms with Crippen LogP contribution in [0.25, 0.3) is 22.3 Å². The van der Waals surface area contributed by atoms with Crippen LogP contribution >= 0.6 is 0 Å². The van der Waals surface area contributed by atoms with Crippen molar-refractivity contribution < 1.29 is 9.26 Å². The summed E-state index contributed by atoms with van der Waals surface area (Å²) in [5.41, 5.74) is 5.37. The van der Waals surface area contributed by atoms with Crippen molar-refractivity contribution in [1.29, 1.82) is 0 Å². The maximum Gasteiger partial charge on any atom is 0.220 e. The Morgan fingerprint density at radius 1 is 1.11 bits per heavy atom. The molecule has 6 heteroatoms. The minimum atomic E-state index is -0.124. The van der Waals surface area contributed by atoms with Crippen molar-refractivity contribution in [2.75, 3.05) is 6.61 Å². The van der Waals surface area contributed by atoms with Gasteiger partial charge in [-0.1, -0.05) is 43.6 Å². The number of benzene rings is 1. The molecule has 6 nitrogen and oxygen atoms in total. The first-order valence-corrected chi connectivity index (χ1v) is 12.9. The third kappa shape index (κ3) is 3.22. The first-order chi connectivity index (χ1) is 17.1. The van der Waals surface area contributed by atoms with Gasteiger partial charge in [-0.25, -0.2) is 4.98 Å². The van der Waals surface area contributed by atoms with Gasteiger partial charge in [0.15, 0.2) is 5.82 Å². The molecule has 1 saturated carbocycles. The maximum atomic E-state index is 6.49. The number of hydrogen-bond donors (Lipinski definition) is 0. The summed E-state index contributed by atoms with van der Waals surface area (Å²) in [5.74, 6) is 3.95. The third-order valence-corrected chi connectivity index (χ3v) is 8.86. The zero-order valence-electron chi connectivity index (χ0n) is 20.3. The maximum absolute atomic E-state index is 6.49. The molecule has 0 unspecified atom stereocenters. The summed E-state index contributed by atoms with van der Waals surface area (Å²) < 4.78 is 12.2. The van der Waals surface area contributed by atoms with Crippen molar-refractivity contribution in [3.8, 4) is 17.3 Å². The van der Waals surface area contributed by atoms with Crippen molar-refractivity contribution in [1.82, 2.24) is 20.1 Å². The van der Waals surface area contributed by atoms with Crippen LogP contribution in [0.5, 0.6) is 5.88 Å². The SMILES string of the molecule is C[C@H]1c2oncc2C[C@@]2(C)c3nc(-c4ccnc5ccccc45)nc(OCC4CCC4)c3CC[C@H]12. The van der Waals surface area contributed by atoms with Crippen LogP contribution in [-0.2, 0) is 18.3 Å². The third-order valence-electron chi connectivity index (χ3n) is 8.86. The average Bonchev–Trinajstić information content (AvgIpc) is 3.31. The largest absolute Gasteiger partial charge is 0.477 e. The lowest BCUT2D eigenvalue weighted by Crippen LogP contribution is -2.45. The zero-order valence-corrected chi connectivity index (χ0v) is 20.3. The summed E-state index contributed by atoms with van der Waals surface area (Å²) >= 11 is 0. The molecule has 3 aromatic heterocycles. The molecule has 3 heterocycles. The van der Waals surface area contributed by atoms with Crippen molar-refractivity contribution in [3.63, 3.8) is 0 Å². The highest BCUT2D eigenvalue weighted by Gasteiger charge is 2.50. The minimum absolute atomic E-state index is 0.124. The molecule has 0 N–H and O–H groups in total. The molecule has 7 rings (SSSR count). The van der Waals surface area contributed by atoms with Gasteiger partial charge in [-0.15, -0.1) is 0 Å². The van der Waals surface area contributed by atoms with E-state index in [0.29, 0.717) is 17.8 Å². The van der Waals surface area contributed by atoms with Gasteiger partial charge in [-0.3, -0.25) is 4.98 Å². The van der Waals surface area contributed by atoms with Crippen molar-refractivity contribution in [3.05, 3.63) is 65.3 Å². The smallest absolute Gasteiger partial charge is 0.220 e. The molecule has 0 amide bonds. The second-order valence-electron chi connectivity index (χ2n) is 10.9. The summed E-state index contributed by atoms with van der Waals surface area (Å²) in [6.45, 7) is 5.40. The molecule has 1 fully saturated rings. The summed E-state index contributed by atoms with van der Waals surface area (Å²) in [7, 11) is 0. The molecule has 1 aromatic carbocycles. The second-order valence-corrected chi connectivity index (χ2v) is 10.9. The van der Waals surface area contributed by atoms with Gasteiger partial charge in [0.05, 0.1) is 24.0 Å². The van der Waals surface area contributed by atoms with Crippen LogP contribution in [0.3, 0.4) is 0 Å². The molecule has 3 aliphatic rings. The molecule has 0 bridgehead atoms. The number of rotatable bonds is 4. The highest BCUT2D eigenvalue weighted by Crippen LogP contribution is 2.54. The van der Waals surface area contributed by atoms with Crippen LogP contribution in [0, 0.1) is 11.8 Å². The van der Waals surface area contributed by atoms with E-state index in [4.69, 9.17) is 19.2 Å². The standard InChI is InChI=1S/C29H30N4O2/c1-17-23-11-10-22-26(29(23,2)14-19-15-31-35-25(17)19)32-27(33-28(22)34-16-18-6-5-7-18)21-12-13-30-24-9-4-3-8-20(21)24/h3-4,8-9,12-13,15,17-18,23H,5-7,10-11,14,16H2,1-2H3/t17-,23-,29-/m1/s1. The van der Waals surface area contributed by atoms with Gasteiger partial charge in [0.1, 0.15) is 5.76 Å². The molecule has 35 heavy (non-hydrogen) atoms. The monoisotopic (exact) mass is 466 g/mol. The van der Waals surface area contributed by atoms with Crippen LogP contribution in [0.1, 0.15) is 68.0 Å². The summed E-state index contributed by atoms with van der Waals surface area (Å²) in [6, 6.07) is 10.2. The van der Waals surface area contributed by atoms with E-state index in [2.05, 4.69) is 30.1 Å². The van der Waals surface area contributed by atoms with Gasteiger partial charge >= 0.3 is 0 Å². The van der Waals surface area contributed by atoms with Gasteiger partial charge in [-0.2, -0.15) is 4.98 Å². The molecule has 0 aliphatic heterocycles. The summed E-state index contributed by atoms with van der Waals surface area (Å²) in [4.78, 5) is 15.0. The zero-order chi connectivity index (χ0) is 23.6. The minimum Gasteiger partial charge on any atom is -0.477 e. The van der Waals surface area contributed by atoms with Crippen molar-refractivity contribution >= 4 is 10.9 Å². The molecule has 3 aliphatic carbocycles. The van der Waals surface area contributed by atoms with Crippen LogP contribution < -0.4 is 4.74 Å². The van der Waals surface area contributed by atoms with E-state index in [1.54, 1.807) is 0 Å². The Labute approximate surface area is 205 Å². The van der Waals surface area contributed by atoms with Crippen LogP contribution in [0.15, 0.2) is 47.2 Å². The van der Waals surface area contributed by atoms with Gasteiger partial charge in [-0.05, 0) is 56.1 Å². The van der Waals surface area contributed by atoms with E-state index in [1.165, 1.54) is 30.4 Å². The normalized spacial score (nSPS) is 25.4. The van der Waals surface area contributed by atoms with Gasteiger partial charge in [0, 0.05) is 39.6 Å². The fourth-order valence-corrected chi connectivity index (χ4v) is 6.71. The predicted octanol–water partition coefficient (Wildman–Crippen LogP) is 6.04. The molecule has 3 atom stereocenters. The Bertz CT molecular complexity index is 1420. The fourth-order valence-electron chi connectivity index (χ4n) is 6.71. The number of nitrogens with zero attached hydrogens (tertiary/aromatic N) is 4. The first-order valence-electron chi connectivity index (χ1n) is 12.9.